The zero-order chi connectivity index (χ0) is 18.1. The Balaban J connectivity index is 1.64. The van der Waals surface area contributed by atoms with E-state index in [1.807, 2.05) is 12.3 Å². The van der Waals surface area contributed by atoms with Gasteiger partial charge in [0, 0.05) is 24.1 Å². The van der Waals surface area contributed by atoms with Crippen LogP contribution in [0.25, 0.3) is 0 Å². The molecule has 1 aliphatic heterocycles. The van der Waals surface area contributed by atoms with E-state index in [0.717, 1.165) is 30.4 Å². The van der Waals surface area contributed by atoms with Crippen LogP contribution in [0.1, 0.15) is 31.9 Å². The highest BCUT2D eigenvalue weighted by Crippen LogP contribution is 2.34. The van der Waals surface area contributed by atoms with Crippen molar-refractivity contribution in [2.75, 3.05) is 16.8 Å². The van der Waals surface area contributed by atoms with E-state index >= 15 is 0 Å². The molecule has 4 nitrogen and oxygen atoms in total. The van der Waals surface area contributed by atoms with Gasteiger partial charge in [-0.2, -0.15) is 4.98 Å². The first-order valence-electron chi connectivity index (χ1n) is 9.07. The summed E-state index contributed by atoms with van der Waals surface area (Å²) in [5, 5.41) is 3.49. The Morgan fingerprint density at radius 3 is 2.58 bits per heavy atom. The number of benzene rings is 2. The third kappa shape index (κ3) is 3.15. The standard InChI is InChI=1S/C22H24N4/c1-22(2,3)17-9-5-6-10-18(17)24-20-12-14-23-21(25-20)26-15-13-16-8-4-7-11-19(16)26/h4-12,14H,13,15H2,1-3H3,(H,23,24,25). The highest BCUT2D eigenvalue weighted by Gasteiger charge is 2.22. The number of hydrogen-bond acceptors (Lipinski definition) is 4. The summed E-state index contributed by atoms with van der Waals surface area (Å²) in [4.78, 5) is 11.5. The van der Waals surface area contributed by atoms with Gasteiger partial charge in [0.2, 0.25) is 5.95 Å². The number of anilines is 4. The maximum atomic E-state index is 4.78. The van der Waals surface area contributed by atoms with E-state index in [4.69, 9.17) is 4.98 Å². The van der Waals surface area contributed by atoms with Gasteiger partial charge >= 0.3 is 0 Å². The predicted octanol–water partition coefficient (Wildman–Crippen LogP) is 5.21. The van der Waals surface area contributed by atoms with Gasteiger partial charge in [0.15, 0.2) is 0 Å². The zero-order valence-corrected chi connectivity index (χ0v) is 15.5. The second-order valence-electron chi connectivity index (χ2n) is 7.69. The minimum Gasteiger partial charge on any atom is -0.340 e. The zero-order valence-electron chi connectivity index (χ0n) is 15.5. The van der Waals surface area contributed by atoms with Crippen molar-refractivity contribution >= 4 is 23.1 Å². The van der Waals surface area contributed by atoms with Crippen molar-refractivity contribution in [3.63, 3.8) is 0 Å². The van der Waals surface area contributed by atoms with Gasteiger partial charge < -0.3 is 10.2 Å². The molecule has 132 valence electrons. The fourth-order valence-corrected chi connectivity index (χ4v) is 3.48. The van der Waals surface area contributed by atoms with Crippen LogP contribution < -0.4 is 10.2 Å². The molecule has 0 saturated carbocycles. The molecule has 0 amide bonds. The van der Waals surface area contributed by atoms with Gasteiger partial charge in [-0.3, -0.25) is 0 Å². The number of nitrogens with one attached hydrogen (secondary N) is 1. The quantitative estimate of drug-likeness (QED) is 0.708. The molecule has 0 atom stereocenters. The number of fused-ring (bicyclic) bond motifs is 1. The molecule has 4 heteroatoms. The van der Waals surface area contributed by atoms with E-state index in [1.165, 1.54) is 16.8 Å². The van der Waals surface area contributed by atoms with Crippen LogP contribution in [-0.2, 0) is 11.8 Å². The predicted molar refractivity (Wildman–Crippen MR) is 108 cm³/mol. The van der Waals surface area contributed by atoms with E-state index in [1.54, 1.807) is 0 Å². The third-order valence-electron chi connectivity index (χ3n) is 4.77. The molecule has 1 aromatic heterocycles. The average Bonchev–Trinajstić information content (AvgIpc) is 3.06. The maximum Gasteiger partial charge on any atom is 0.231 e. The molecule has 1 aliphatic rings. The van der Waals surface area contributed by atoms with Crippen LogP contribution in [0.5, 0.6) is 0 Å². The summed E-state index contributed by atoms with van der Waals surface area (Å²) in [5.41, 5.74) is 4.98. The molecule has 0 unspecified atom stereocenters. The van der Waals surface area contributed by atoms with Gasteiger partial charge in [0.1, 0.15) is 5.82 Å². The van der Waals surface area contributed by atoms with Crippen LogP contribution >= 0.6 is 0 Å². The highest BCUT2D eigenvalue weighted by atomic mass is 15.3. The molecule has 2 aromatic carbocycles. The van der Waals surface area contributed by atoms with Gasteiger partial charge in [0.05, 0.1) is 0 Å². The van der Waals surface area contributed by atoms with Crippen molar-refractivity contribution in [3.05, 3.63) is 71.9 Å². The number of nitrogens with zero attached hydrogens (tertiary/aromatic N) is 3. The van der Waals surface area contributed by atoms with Crippen LogP contribution in [0.15, 0.2) is 60.8 Å². The summed E-state index contributed by atoms with van der Waals surface area (Å²) in [6.45, 7) is 7.58. The molecule has 0 radical (unpaired) electrons. The summed E-state index contributed by atoms with van der Waals surface area (Å²) in [5.74, 6) is 1.56. The lowest BCUT2D eigenvalue weighted by Crippen LogP contribution is -2.17. The van der Waals surface area contributed by atoms with Crippen molar-refractivity contribution < 1.29 is 0 Å². The molecule has 4 rings (SSSR count). The third-order valence-corrected chi connectivity index (χ3v) is 4.77. The largest absolute Gasteiger partial charge is 0.340 e. The fraction of sp³-hybridized carbons (Fsp3) is 0.273. The Morgan fingerprint density at radius 1 is 0.962 bits per heavy atom. The van der Waals surface area contributed by atoms with Gasteiger partial charge in [-0.1, -0.05) is 57.2 Å². The summed E-state index contributed by atoms with van der Waals surface area (Å²) < 4.78 is 0. The monoisotopic (exact) mass is 344 g/mol. The second kappa shape index (κ2) is 6.45. The topological polar surface area (TPSA) is 41.1 Å². The Hall–Kier alpha value is -2.88. The SMILES string of the molecule is CC(C)(C)c1ccccc1Nc1ccnc(N2CCc3ccccc32)n1. The van der Waals surface area contributed by atoms with E-state index < -0.39 is 0 Å². The molecule has 3 aromatic rings. The van der Waals surface area contributed by atoms with Crippen LogP contribution in [0.3, 0.4) is 0 Å². The van der Waals surface area contributed by atoms with Crippen molar-refractivity contribution in [2.24, 2.45) is 0 Å². The van der Waals surface area contributed by atoms with Crippen molar-refractivity contribution in [2.45, 2.75) is 32.6 Å². The number of para-hydroxylation sites is 2. The normalized spacial score (nSPS) is 13.6. The van der Waals surface area contributed by atoms with E-state index in [-0.39, 0.29) is 5.41 Å². The van der Waals surface area contributed by atoms with E-state index in [9.17, 15) is 0 Å². The van der Waals surface area contributed by atoms with Gasteiger partial charge in [-0.25, -0.2) is 4.98 Å². The van der Waals surface area contributed by atoms with Crippen molar-refractivity contribution in [1.29, 1.82) is 0 Å². The molecular formula is C22H24N4. The minimum atomic E-state index is 0.0628. The van der Waals surface area contributed by atoms with Gasteiger partial charge in [-0.15, -0.1) is 0 Å². The van der Waals surface area contributed by atoms with E-state index in [2.05, 4.69) is 84.5 Å². The summed E-state index contributed by atoms with van der Waals surface area (Å²) in [6.07, 6.45) is 2.86. The maximum absolute atomic E-state index is 4.78. The van der Waals surface area contributed by atoms with Crippen LogP contribution in [0.4, 0.5) is 23.1 Å². The van der Waals surface area contributed by atoms with Crippen molar-refractivity contribution in [1.82, 2.24) is 9.97 Å². The number of rotatable bonds is 3. The second-order valence-corrected chi connectivity index (χ2v) is 7.69. The summed E-state index contributed by atoms with van der Waals surface area (Å²) >= 11 is 0. The van der Waals surface area contributed by atoms with Crippen LogP contribution in [0, 0.1) is 0 Å². The molecule has 2 heterocycles. The summed E-state index contributed by atoms with van der Waals surface area (Å²) in [6, 6.07) is 18.8. The van der Waals surface area contributed by atoms with Crippen LogP contribution in [0.2, 0.25) is 0 Å². The molecule has 0 aliphatic carbocycles. The lowest BCUT2D eigenvalue weighted by Gasteiger charge is -2.23. The Morgan fingerprint density at radius 2 is 1.73 bits per heavy atom. The number of hydrogen-bond donors (Lipinski definition) is 1. The molecule has 1 N–H and O–H groups in total. The first kappa shape index (κ1) is 16.6. The lowest BCUT2D eigenvalue weighted by atomic mass is 9.86. The molecule has 0 saturated heterocycles. The smallest absolute Gasteiger partial charge is 0.231 e. The molecule has 0 spiro atoms. The van der Waals surface area contributed by atoms with E-state index in [0.29, 0.717) is 0 Å². The first-order chi connectivity index (χ1) is 12.5. The van der Waals surface area contributed by atoms with Gasteiger partial charge in [0.25, 0.3) is 0 Å². The Kier molecular flexibility index (Phi) is 4.11. The summed E-state index contributed by atoms with van der Waals surface area (Å²) in [7, 11) is 0. The highest BCUT2D eigenvalue weighted by molar-refractivity contribution is 5.68. The molecule has 0 fully saturated rings. The molecular weight excluding hydrogens is 320 g/mol. The molecule has 0 bridgehead atoms. The lowest BCUT2D eigenvalue weighted by molar-refractivity contribution is 0.592. The Labute approximate surface area is 154 Å². The van der Waals surface area contributed by atoms with Crippen molar-refractivity contribution in [3.8, 4) is 0 Å². The fourth-order valence-electron chi connectivity index (χ4n) is 3.48. The number of aromatic nitrogens is 2. The Bertz CT molecular complexity index is 927. The van der Waals surface area contributed by atoms with Gasteiger partial charge in [-0.05, 0) is 41.2 Å². The minimum absolute atomic E-state index is 0.0628. The molecule has 26 heavy (non-hydrogen) atoms. The van der Waals surface area contributed by atoms with Crippen LogP contribution in [-0.4, -0.2) is 16.5 Å². The first-order valence-corrected chi connectivity index (χ1v) is 9.07. The average molecular weight is 344 g/mol.